The molecule has 0 amide bonds. The van der Waals surface area contributed by atoms with Crippen molar-refractivity contribution in [3.8, 4) is 11.3 Å². The van der Waals surface area contributed by atoms with E-state index in [2.05, 4.69) is 20.3 Å². The molecule has 3 aliphatic carbocycles. The summed E-state index contributed by atoms with van der Waals surface area (Å²) < 4.78 is 15.4. The molecule has 3 aromatic heterocycles. The number of pyridine rings is 1. The highest BCUT2D eigenvalue weighted by Gasteiger charge is 2.47. The maximum Gasteiger partial charge on any atom is 0.308 e. The number of fused-ring (bicyclic) bond motifs is 4. The second-order valence-electron chi connectivity index (χ2n) is 8.93. The molecule has 168 valence electrons. The van der Waals surface area contributed by atoms with Gasteiger partial charge in [-0.1, -0.05) is 6.92 Å². The molecule has 8 nitrogen and oxygen atoms in total. The van der Waals surface area contributed by atoms with Crippen LogP contribution in [0.5, 0.6) is 0 Å². The van der Waals surface area contributed by atoms with Gasteiger partial charge in [0, 0.05) is 35.9 Å². The first-order valence-electron chi connectivity index (χ1n) is 11.2. The Morgan fingerprint density at radius 3 is 2.78 bits per heavy atom. The van der Waals surface area contributed by atoms with Gasteiger partial charge in [-0.25, -0.2) is 14.4 Å². The van der Waals surface area contributed by atoms with Gasteiger partial charge in [-0.05, 0) is 50.0 Å². The van der Waals surface area contributed by atoms with E-state index in [1.165, 1.54) is 6.07 Å². The second-order valence-corrected chi connectivity index (χ2v) is 8.93. The zero-order chi connectivity index (χ0) is 22.4. The van der Waals surface area contributed by atoms with Gasteiger partial charge in [0.1, 0.15) is 11.5 Å². The molecule has 0 radical (unpaired) electrons. The maximum absolute atomic E-state index is 13.8. The summed E-state index contributed by atoms with van der Waals surface area (Å²) in [4.78, 5) is 36.9. The number of hydrogen-bond acceptors (Lipinski definition) is 5. The number of carbonyl (C=O) groups is 1. The first-order chi connectivity index (χ1) is 15.5. The Morgan fingerprint density at radius 2 is 2.06 bits per heavy atom. The molecule has 3 fully saturated rings. The number of nitrogens with one attached hydrogen (secondary N) is 2. The van der Waals surface area contributed by atoms with E-state index in [1.807, 2.05) is 6.92 Å². The van der Waals surface area contributed by atoms with E-state index in [0.29, 0.717) is 28.8 Å². The molecular weight excluding hydrogens is 413 g/mol. The van der Waals surface area contributed by atoms with Crippen LogP contribution in [-0.4, -0.2) is 36.6 Å². The van der Waals surface area contributed by atoms with Crippen LogP contribution in [0.2, 0.25) is 0 Å². The van der Waals surface area contributed by atoms with Crippen molar-refractivity contribution in [2.24, 2.45) is 17.8 Å². The zero-order valence-electron chi connectivity index (χ0n) is 17.8. The highest BCUT2D eigenvalue weighted by Crippen LogP contribution is 2.46. The number of rotatable bonds is 6. The smallest absolute Gasteiger partial charge is 0.308 e. The Bertz CT molecular complexity index is 1230. The minimum Gasteiger partial charge on any atom is -0.481 e. The Morgan fingerprint density at radius 1 is 1.31 bits per heavy atom. The zero-order valence-corrected chi connectivity index (χ0v) is 17.8. The first-order valence-corrected chi connectivity index (χ1v) is 11.2. The van der Waals surface area contributed by atoms with Crippen molar-refractivity contribution in [2.45, 2.75) is 51.6 Å². The van der Waals surface area contributed by atoms with E-state index in [9.17, 15) is 19.1 Å². The van der Waals surface area contributed by atoms with Crippen LogP contribution in [0.25, 0.3) is 22.3 Å². The normalized spacial score (nSPS) is 24.7. The molecule has 3 N–H and O–H groups in total. The molecule has 3 aromatic rings. The van der Waals surface area contributed by atoms with Gasteiger partial charge in [-0.2, -0.15) is 0 Å². The van der Waals surface area contributed by atoms with Gasteiger partial charge in [-0.3, -0.25) is 9.59 Å². The fourth-order valence-electron chi connectivity index (χ4n) is 5.53. The van der Waals surface area contributed by atoms with Crippen LogP contribution in [0.15, 0.2) is 29.5 Å². The van der Waals surface area contributed by atoms with Gasteiger partial charge >= 0.3 is 5.97 Å². The third kappa shape index (κ3) is 3.45. The van der Waals surface area contributed by atoms with Crippen LogP contribution in [-0.2, 0) is 11.3 Å². The number of aromatic nitrogens is 4. The molecule has 32 heavy (non-hydrogen) atoms. The lowest BCUT2D eigenvalue weighted by molar-refractivity contribution is -0.148. The molecule has 6 rings (SSSR count). The number of hydrogen-bond donors (Lipinski definition) is 3. The molecule has 0 aliphatic heterocycles. The number of halogens is 1. The summed E-state index contributed by atoms with van der Waals surface area (Å²) in [5, 5.41) is 13.7. The standard InChI is InChI=1S/C23H26FN5O3/c1-2-7-29-11-17(16-10-26-20-15(16)8-14(24)9-25-20)27-21(22(29)30)28-19-13-5-3-12(4-6-13)18(19)23(31)32/h8-13,18-19H,2-7H2,1H3,(H,25,26)(H,27,28)(H,31,32)/t12?,13?,18-,19-/m0/s1. The van der Waals surface area contributed by atoms with Gasteiger partial charge in [-0.15, -0.1) is 0 Å². The minimum atomic E-state index is -0.819. The van der Waals surface area contributed by atoms with Gasteiger partial charge in [0.15, 0.2) is 5.82 Å². The van der Waals surface area contributed by atoms with E-state index in [4.69, 9.17) is 0 Å². The van der Waals surface area contributed by atoms with E-state index < -0.39 is 17.7 Å². The Kier molecular flexibility index (Phi) is 5.19. The Hall–Kier alpha value is -3.23. The molecule has 0 unspecified atom stereocenters. The van der Waals surface area contributed by atoms with Gasteiger partial charge in [0.25, 0.3) is 5.56 Å². The Labute approximate surface area is 183 Å². The number of H-pyrrole nitrogens is 1. The molecule has 2 atom stereocenters. The van der Waals surface area contributed by atoms with Crippen LogP contribution < -0.4 is 10.9 Å². The number of aromatic amines is 1. The van der Waals surface area contributed by atoms with Crippen molar-refractivity contribution >= 4 is 22.8 Å². The average molecular weight is 439 g/mol. The summed E-state index contributed by atoms with van der Waals surface area (Å²) in [5.41, 5.74) is 1.40. The predicted octanol–water partition coefficient (Wildman–Crippen LogP) is 3.64. The van der Waals surface area contributed by atoms with Crippen molar-refractivity contribution in [2.75, 3.05) is 5.32 Å². The van der Waals surface area contributed by atoms with Crippen molar-refractivity contribution in [3.05, 3.63) is 40.8 Å². The molecule has 0 spiro atoms. The monoisotopic (exact) mass is 439 g/mol. The number of aryl methyl sites for hydroxylation is 1. The molecule has 3 saturated carbocycles. The summed E-state index contributed by atoms with van der Waals surface area (Å²) in [5.74, 6) is -1.33. The van der Waals surface area contributed by atoms with Crippen molar-refractivity contribution < 1.29 is 14.3 Å². The van der Waals surface area contributed by atoms with E-state index in [1.54, 1.807) is 17.0 Å². The number of aliphatic carboxylic acids is 1. The molecule has 0 saturated heterocycles. The number of nitrogens with zero attached hydrogens (tertiary/aromatic N) is 3. The summed E-state index contributed by atoms with van der Waals surface area (Å²) >= 11 is 0. The maximum atomic E-state index is 13.8. The predicted molar refractivity (Wildman–Crippen MR) is 118 cm³/mol. The van der Waals surface area contributed by atoms with Crippen LogP contribution >= 0.6 is 0 Å². The largest absolute Gasteiger partial charge is 0.481 e. The molecular formula is C23H26FN5O3. The third-order valence-corrected chi connectivity index (χ3v) is 7.02. The lowest BCUT2D eigenvalue weighted by Crippen LogP contribution is -2.52. The molecule has 2 bridgehead atoms. The topological polar surface area (TPSA) is 113 Å². The minimum absolute atomic E-state index is 0.124. The van der Waals surface area contributed by atoms with Crippen molar-refractivity contribution in [1.82, 2.24) is 19.5 Å². The van der Waals surface area contributed by atoms with E-state index in [-0.39, 0.29) is 29.3 Å². The first kappa shape index (κ1) is 20.7. The fourth-order valence-corrected chi connectivity index (χ4v) is 5.53. The van der Waals surface area contributed by atoms with Gasteiger partial charge < -0.3 is 20.0 Å². The van der Waals surface area contributed by atoms with Crippen LogP contribution in [0.4, 0.5) is 10.2 Å². The number of carboxylic acid groups (broad SMARTS) is 1. The highest BCUT2D eigenvalue weighted by atomic mass is 19.1. The Balaban J connectivity index is 1.59. The summed E-state index contributed by atoms with van der Waals surface area (Å²) in [6.07, 6.45) is 9.02. The second kappa shape index (κ2) is 8.03. The van der Waals surface area contributed by atoms with Crippen LogP contribution in [0, 0.1) is 23.6 Å². The molecule has 3 aliphatic rings. The number of anilines is 1. The fraction of sp³-hybridized carbons (Fsp3) is 0.478. The van der Waals surface area contributed by atoms with Crippen molar-refractivity contribution in [1.29, 1.82) is 0 Å². The molecule has 3 heterocycles. The summed E-state index contributed by atoms with van der Waals surface area (Å²) in [6.45, 7) is 2.47. The number of carboxylic acids is 1. The third-order valence-electron chi connectivity index (χ3n) is 7.02. The van der Waals surface area contributed by atoms with Gasteiger partial charge in [0.05, 0.1) is 17.8 Å². The van der Waals surface area contributed by atoms with Gasteiger partial charge in [0.2, 0.25) is 0 Å². The van der Waals surface area contributed by atoms with Crippen LogP contribution in [0.3, 0.4) is 0 Å². The SMILES string of the molecule is CCCn1cc(-c2c[nH]c3ncc(F)cc23)nc(N[C@H]2C3CCC(CC3)[C@@H]2C(=O)O)c1=O. The summed E-state index contributed by atoms with van der Waals surface area (Å²) in [6, 6.07) is 1.06. The summed E-state index contributed by atoms with van der Waals surface area (Å²) in [7, 11) is 0. The lowest BCUT2D eigenvalue weighted by Gasteiger charge is -2.47. The van der Waals surface area contributed by atoms with Crippen molar-refractivity contribution in [3.63, 3.8) is 0 Å². The molecule has 9 heteroatoms. The highest BCUT2D eigenvalue weighted by molar-refractivity contribution is 5.92. The van der Waals surface area contributed by atoms with Crippen LogP contribution in [0.1, 0.15) is 39.0 Å². The average Bonchev–Trinajstić information content (AvgIpc) is 3.20. The molecule has 0 aromatic carbocycles. The lowest BCUT2D eigenvalue weighted by atomic mass is 9.61. The quantitative estimate of drug-likeness (QED) is 0.541. The van der Waals surface area contributed by atoms with E-state index >= 15 is 0 Å². The van der Waals surface area contributed by atoms with E-state index in [0.717, 1.165) is 38.3 Å².